The van der Waals surface area contributed by atoms with Gasteiger partial charge in [0.05, 0.1) is 0 Å². The van der Waals surface area contributed by atoms with Crippen molar-refractivity contribution in [3.8, 4) is 5.75 Å². The van der Waals surface area contributed by atoms with Crippen molar-refractivity contribution in [2.24, 2.45) is 0 Å². The Morgan fingerprint density at radius 3 is 2.21 bits per heavy atom. The highest BCUT2D eigenvalue weighted by atomic mass is 16.3. The summed E-state index contributed by atoms with van der Waals surface area (Å²) in [5.74, 6) is 0.408. The lowest BCUT2D eigenvalue weighted by molar-refractivity contribution is 0.477. The molecule has 0 aromatic heterocycles. The van der Waals surface area contributed by atoms with E-state index in [-0.39, 0.29) is 0 Å². The minimum Gasteiger partial charge on any atom is -0.507 e. The fourth-order valence-electron chi connectivity index (χ4n) is 1.69. The maximum atomic E-state index is 9.87. The molecule has 0 fully saturated rings. The molecule has 0 aliphatic heterocycles. The Balaban J connectivity index is 2.89. The van der Waals surface area contributed by atoms with Crippen LogP contribution < -0.4 is 0 Å². The van der Waals surface area contributed by atoms with Gasteiger partial charge in [-0.2, -0.15) is 0 Å². The van der Waals surface area contributed by atoms with Crippen molar-refractivity contribution >= 4 is 10.8 Å². The molecule has 0 saturated carbocycles. The number of hydrogen-bond acceptors (Lipinski definition) is 1. The second kappa shape index (κ2) is 3.02. The van der Waals surface area contributed by atoms with E-state index in [9.17, 15) is 5.11 Å². The molecule has 2 aromatic carbocycles. The molecular formula is C13H14O. The normalized spacial score (nSPS) is 10.8. The van der Waals surface area contributed by atoms with Crippen LogP contribution in [0.3, 0.4) is 0 Å². The second-order valence-electron chi connectivity index (χ2n) is 3.89. The zero-order chi connectivity index (χ0) is 10.3. The van der Waals surface area contributed by atoms with E-state index >= 15 is 0 Å². The summed E-state index contributed by atoms with van der Waals surface area (Å²) in [4.78, 5) is 0. The smallest absolute Gasteiger partial charge is 0.126 e. The number of aromatic hydroxyl groups is 1. The number of phenols is 1. The molecule has 72 valence electrons. The van der Waals surface area contributed by atoms with Crippen LogP contribution in [0.1, 0.15) is 16.7 Å². The van der Waals surface area contributed by atoms with Crippen LogP contribution in [0.15, 0.2) is 24.3 Å². The lowest BCUT2D eigenvalue weighted by atomic mass is 10.0. The molecule has 0 saturated heterocycles. The molecule has 0 amide bonds. The van der Waals surface area contributed by atoms with Gasteiger partial charge in [0, 0.05) is 5.39 Å². The Hall–Kier alpha value is -1.50. The fraction of sp³-hybridized carbons (Fsp3) is 0.231. The van der Waals surface area contributed by atoms with E-state index in [1.165, 1.54) is 11.1 Å². The van der Waals surface area contributed by atoms with E-state index in [4.69, 9.17) is 0 Å². The van der Waals surface area contributed by atoms with Crippen molar-refractivity contribution in [1.82, 2.24) is 0 Å². The van der Waals surface area contributed by atoms with Crippen LogP contribution in [0.2, 0.25) is 0 Å². The van der Waals surface area contributed by atoms with Gasteiger partial charge in [0.1, 0.15) is 5.75 Å². The number of benzene rings is 2. The molecule has 14 heavy (non-hydrogen) atoms. The van der Waals surface area contributed by atoms with Gasteiger partial charge >= 0.3 is 0 Å². The van der Waals surface area contributed by atoms with Crippen LogP contribution in [-0.2, 0) is 0 Å². The molecule has 0 heterocycles. The fourth-order valence-corrected chi connectivity index (χ4v) is 1.69. The van der Waals surface area contributed by atoms with E-state index in [0.29, 0.717) is 5.75 Å². The van der Waals surface area contributed by atoms with Gasteiger partial charge < -0.3 is 5.11 Å². The maximum Gasteiger partial charge on any atom is 0.126 e. The van der Waals surface area contributed by atoms with Gasteiger partial charge in [-0.1, -0.05) is 18.2 Å². The summed E-state index contributed by atoms with van der Waals surface area (Å²) in [6.07, 6.45) is 0. The van der Waals surface area contributed by atoms with Gasteiger partial charge in [0.15, 0.2) is 0 Å². The highest BCUT2D eigenvalue weighted by molar-refractivity contribution is 5.90. The molecule has 0 aliphatic rings. The Morgan fingerprint density at radius 1 is 0.857 bits per heavy atom. The van der Waals surface area contributed by atoms with Gasteiger partial charge in [-0.15, -0.1) is 0 Å². The van der Waals surface area contributed by atoms with Gasteiger partial charge in [0.25, 0.3) is 0 Å². The highest BCUT2D eigenvalue weighted by Crippen LogP contribution is 2.30. The highest BCUT2D eigenvalue weighted by Gasteiger charge is 2.04. The molecule has 0 radical (unpaired) electrons. The predicted molar refractivity (Wildman–Crippen MR) is 59.8 cm³/mol. The van der Waals surface area contributed by atoms with Crippen molar-refractivity contribution in [1.29, 1.82) is 0 Å². The average molecular weight is 186 g/mol. The molecule has 0 bridgehead atoms. The van der Waals surface area contributed by atoms with Gasteiger partial charge in [-0.05, 0) is 48.9 Å². The van der Waals surface area contributed by atoms with Crippen LogP contribution in [0.25, 0.3) is 10.8 Å². The molecule has 0 unspecified atom stereocenters. The number of fused-ring (bicyclic) bond motifs is 1. The minimum absolute atomic E-state index is 0.408. The van der Waals surface area contributed by atoms with Crippen LogP contribution in [-0.4, -0.2) is 5.11 Å². The summed E-state index contributed by atoms with van der Waals surface area (Å²) >= 11 is 0. The number of phenolic OH excluding ortho intramolecular Hbond substituents is 1. The third-order valence-corrected chi connectivity index (χ3v) is 2.81. The van der Waals surface area contributed by atoms with Crippen molar-refractivity contribution in [3.63, 3.8) is 0 Å². The van der Waals surface area contributed by atoms with Crippen molar-refractivity contribution in [3.05, 3.63) is 41.0 Å². The van der Waals surface area contributed by atoms with Crippen molar-refractivity contribution < 1.29 is 5.11 Å². The molecule has 1 N–H and O–H groups in total. The molecule has 0 aliphatic carbocycles. The summed E-state index contributed by atoms with van der Waals surface area (Å²) < 4.78 is 0. The van der Waals surface area contributed by atoms with Gasteiger partial charge in [0.2, 0.25) is 0 Å². The van der Waals surface area contributed by atoms with Crippen LogP contribution in [0.5, 0.6) is 5.75 Å². The van der Waals surface area contributed by atoms with Gasteiger partial charge in [-0.3, -0.25) is 0 Å². The number of hydrogen-bond donors (Lipinski definition) is 1. The third kappa shape index (κ3) is 1.25. The van der Waals surface area contributed by atoms with E-state index in [0.717, 1.165) is 16.3 Å². The molecule has 0 atom stereocenters. The van der Waals surface area contributed by atoms with Crippen molar-refractivity contribution in [2.75, 3.05) is 0 Å². The lowest BCUT2D eigenvalue weighted by Crippen LogP contribution is -1.84. The van der Waals surface area contributed by atoms with E-state index in [1.807, 2.05) is 19.1 Å². The largest absolute Gasteiger partial charge is 0.507 e. The van der Waals surface area contributed by atoms with Crippen LogP contribution in [0, 0.1) is 20.8 Å². The number of aryl methyl sites for hydroxylation is 3. The molecule has 1 nitrogen and oxygen atoms in total. The Labute approximate surface area is 84.0 Å². The molecular weight excluding hydrogens is 172 g/mol. The first-order valence-electron chi connectivity index (χ1n) is 4.79. The maximum absolute atomic E-state index is 9.87. The Kier molecular flexibility index (Phi) is 1.95. The van der Waals surface area contributed by atoms with E-state index in [2.05, 4.69) is 26.0 Å². The second-order valence-corrected chi connectivity index (χ2v) is 3.89. The average Bonchev–Trinajstić information content (AvgIpc) is 2.15. The zero-order valence-electron chi connectivity index (χ0n) is 8.76. The van der Waals surface area contributed by atoms with Crippen molar-refractivity contribution in [2.45, 2.75) is 20.8 Å². The lowest BCUT2D eigenvalue weighted by Gasteiger charge is -2.07. The minimum atomic E-state index is 0.408. The molecule has 2 rings (SSSR count). The predicted octanol–water partition coefficient (Wildman–Crippen LogP) is 3.47. The Morgan fingerprint density at radius 2 is 1.50 bits per heavy atom. The molecule has 0 spiro atoms. The zero-order valence-corrected chi connectivity index (χ0v) is 8.76. The topological polar surface area (TPSA) is 20.2 Å². The summed E-state index contributed by atoms with van der Waals surface area (Å²) in [6.45, 7) is 6.08. The van der Waals surface area contributed by atoms with Crippen LogP contribution in [0.4, 0.5) is 0 Å². The first-order valence-corrected chi connectivity index (χ1v) is 4.79. The van der Waals surface area contributed by atoms with Gasteiger partial charge in [-0.25, -0.2) is 0 Å². The summed E-state index contributed by atoms with van der Waals surface area (Å²) in [7, 11) is 0. The Bertz CT molecular complexity index is 498. The first kappa shape index (κ1) is 9.07. The summed E-state index contributed by atoms with van der Waals surface area (Å²) in [5, 5.41) is 11.9. The monoisotopic (exact) mass is 186 g/mol. The third-order valence-electron chi connectivity index (χ3n) is 2.81. The quantitative estimate of drug-likeness (QED) is 0.668. The standard InChI is InChI=1S/C13H14O/c1-8-4-5-11-6-9(2)10(3)7-12(11)13(8)14/h4-7,14H,1-3H3. The SMILES string of the molecule is Cc1cc2ccc(C)c(O)c2cc1C. The molecule has 1 heteroatoms. The molecule has 2 aromatic rings. The number of rotatable bonds is 0. The van der Waals surface area contributed by atoms with E-state index < -0.39 is 0 Å². The van der Waals surface area contributed by atoms with E-state index in [1.54, 1.807) is 0 Å². The summed E-state index contributed by atoms with van der Waals surface area (Å²) in [6, 6.07) is 8.17. The first-order chi connectivity index (χ1) is 6.59. The van der Waals surface area contributed by atoms with Crippen LogP contribution >= 0.6 is 0 Å². The summed E-state index contributed by atoms with van der Waals surface area (Å²) in [5.41, 5.74) is 3.42.